The monoisotopic (exact) mass is 310 g/mol. The number of carbonyl (C=O) groups excluding carboxylic acids is 1. The van der Waals surface area contributed by atoms with Crippen molar-refractivity contribution >= 4 is 11.9 Å². The number of amidine groups is 1. The van der Waals surface area contributed by atoms with Gasteiger partial charge in [-0.1, -0.05) is 6.92 Å². The molecule has 1 amide bonds. The molecule has 0 saturated carbocycles. The highest BCUT2D eigenvalue weighted by atomic mass is 16.6. The molecule has 2 aliphatic heterocycles. The lowest BCUT2D eigenvalue weighted by Gasteiger charge is -2.35. The number of likely N-dealkylation sites (tertiary alicyclic amines) is 1. The van der Waals surface area contributed by atoms with Gasteiger partial charge in [0.25, 0.3) is 0 Å². The Bertz CT molecular complexity index is 417. The zero-order valence-electron chi connectivity index (χ0n) is 14.4. The molecule has 1 unspecified atom stereocenters. The van der Waals surface area contributed by atoms with E-state index in [2.05, 4.69) is 22.1 Å². The lowest BCUT2D eigenvalue weighted by atomic mass is 10.1. The Kier molecular flexibility index (Phi) is 5.67. The molecule has 0 spiro atoms. The molecule has 2 rings (SSSR count). The average molecular weight is 310 g/mol. The van der Waals surface area contributed by atoms with E-state index in [1.54, 1.807) is 4.90 Å². The molecule has 0 aromatic carbocycles. The highest BCUT2D eigenvalue weighted by Crippen LogP contribution is 2.13. The Balaban J connectivity index is 1.85. The van der Waals surface area contributed by atoms with Crippen LogP contribution >= 0.6 is 0 Å². The van der Waals surface area contributed by atoms with E-state index >= 15 is 0 Å². The summed E-state index contributed by atoms with van der Waals surface area (Å²) in [5, 5.41) is 3.53. The summed E-state index contributed by atoms with van der Waals surface area (Å²) in [4.78, 5) is 20.9. The van der Waals surface area contributed by atoms with Crippen LogP contribution in [-0.4, -0.2) is 72.6 Å². The number of hydrogen-bond acceptors (Lipinski definition) is 5. The van der Waals surface area contributed by atoms with E-state index in [0.29, 0.717) is 25.7 Å². The zero-order valence-corrected chi connectivity index (χ0v) is 14.4. The standard InChI is InChI=1S/C16H30N4O2/c1-5-19-9-6-7-13(11-19)18-14-12-20(10-8-17-14)15(21)22-16(2,3)4/h13H,5-12H2,1-4H3,(H,17,18). The Morgan fingerprint density at radius 1 is 1.41 bits per heavy atom. The minimum atomic E-state index is -0.454. The number of ether oxygens (including phenoxy) is 1. The van der Waals surface area contributed by atoms with Crippen LogP contribution in [0.4, 0.5) is 4.79 Å². The molecule has 1 N–H and O–H groups in total. The number of hydrogen-bond donors (Lipinski definition) is 1. The Hall–Kier alpha value is -1.30. The average Bonchev–Trinajstić information content (AvgIpc) is 2.46. The lowest BCUT2D eigenvalue weighted by Crippen LogP contribution is -2.53. The summed E-state index contributed by atoms with van der Waals surface area (Å²) in [6, 6.07) is 0.436. The normalized spacial score (nSPS) is 23.9. The predicted octanol–water partition coefficient (Wildman–Crippen LogP) is 1.71. The summed E-state index contributed by atoms with van der Waals surface area (Å²) in [7, 11) is 0. The van der Waals surface area contributed by atoms with E-state index in [9.17, 15) is 4.79 Å². The van der Waals surface area contributed by atoms with Crippen molar-refractivity contribution in [2.45, 2.75) is 52.2 Å². The number of carbonyl (C=O) groups is 1. The molecule has 0 radical (unpaired) electrons. The van der Waals surface area contributed by atoms with E-state index in [1.807, 2.05) is 20.8 Å². The molecular formula is C16H30N4O2. The Morgan fingerprint density at radius 2 is 2.18 bits per heavy atom. The maximum atomic E-state index is 12.2. The molecule has 0 bridgehead atoms. The number of amides is 1. The van der Waals surface area contributed by atoms with Gasteiger partial charge in [0.05, 0.1) is 13.1 Å². The first kappa shape index (κ1) is 17.1. The van der Waals surface area contributed by atoms with Crippen molar-refractivity contribution < 1.29 is 9.53 Å². The predicted molar refractivity (Wildman–Crippen MR) is 88.4 cm³/mol. The van der Waals surface area contributed by atoms with Crippen LogP contribution in [0.3, 0.4) is 0 Å². The van der Waals surface area contributed by atoms with Crippen LogP contribution in [0.2, 0.25) is 0 Å². The van der Waals surface area contributed by atoms with Crippen molar-refractivity contribution in [3.8, 4) is 0 Å². The van der Waals surface area contributed by atoms with E-state index < -0.39 is 5.60 Å². The largest absolute Gasteiger partial charge is 0.444 e. The molecule has 126 valence electrons. The summed E-state index contributed by atoms with van der Waals surface area (Å²) < 4.78 is 5.45. The first-order valence-corrected chi connectivity index (χ1v) is 8.37. The van der Waals surface area contributed by atoms with Crippen molar-refractivity contribution in [1.82, 2.24) is 15.1 Å². The van der Waals surface area contributed by atoms with Crippen LogP contribution in [0.5, 0.6) is 0 Å². The van der Waals surface area contributed by atoms with Gasteiger partial charge in [0.1, 0.15) is 11.4 Å². The van der Waals surface area contributed by atoms with Crippen molar-refractivity contribution in [1.29, 1.82) is 0 Å². The molecule has 2 heterocycles. The van der Waals surface area contributed by atoms with Crippen molar-refractivity contribution in [2.75, 3.05) is 39.3 Å². The van der Waals surface area contributed by atoms with Gasteiger partial charge in [-0.25, -0.2) is 4.79 Å². The zero-order chi connectivity index (χ0) is 16.2. The molecular weight excluding hydrogens is 280 g/mol. The second-order valence-electron chi connectivity index (χ2n) is 7.11. The van der Waals surface area contributed by atoms with E-state index in [4.69, 9.17) is 4.74 Å². The molecule has 0 aromatic rings. The SMILES string of the molecule is CCN1CCCC(NC2=NCCN(C(=O)OC(C)(C)C)C2)C1. The van der Waals surface area contributed by atoms with Gasteiger partial charge in [0.15, 0.2) is 0 Å². The summed E-state index contributed by atoms with van der Waals surface area (Å²) in [5.41, 5.74) is -0.454. The number of nitrogens with zero attached hydrogens (tertiary/aromatic N) is 3. The number of nitrogens with one attached hydrogen (secondary N) is 1. The van der Waals surface area contributed by atoms with Crippen LogP contribution in [0.25, 0.3) is 0 Å². The van der Waals surface area contributed by atoms with Gasteiger partial charge in [-0.15, -0.1) is 0 Å². The smallest absolute Gasteiger partial charge is 0.410 e. The molecule has 6 heteroatoms. The summed E-state index contributed by atoms with van der Waals surface area (Å²) in [6.07, 6.45) is 2.14. The minimum absolute atomic E-state index is 0.250. The Morgan fingerprint density at radius 3 is 2.86 bits per heavy atom. The molecule has 1 fully saturated rings. The summed E-state index contributed by atoms with van der Waals surface area (Å²) in [5.74, 6) is 0.917. The second kappa shape index (κ2) is 7.31. The van der Waals surface area contributed by atoms with Crippen molar-refractivity contribution in [3.05, 3.63) is 0 Å². The highest BCUT2D eigenvalue weighted by Gasteiger charge is 2.26. The fourth-order valence-corrected chi connectivity index (χ4v) is 2.89. The molecule has 22 heavy (non-hydrogen) atoms. The quantitative estimate of drug-likeness (QED) is 0.843. The van der Waals surface area contributed by atoms with E-state index in [0.717, 1.165) is 18.9 Å². The molecule has 6 nitrogen and oxygen atoms in total. The van der Waals surface area contributed by atoms with Gasteiger partial charge < -0.3 is 15.0 Å². The summed E-state index contributed by atoms with van der Waals surface area (Å²) in [6.45, 7) is 13.0. The maximum Gasteiger partial charge on any atom is 0.410 e. The summed E-state index contributed by atoms with van der Waals surface area (Å²) >= 11 is 0. The first-order valence-electron chi connectivity index (χ1n) is 8.37. The first-order chi connectivity index (χ1) is 10.4. The van der Waals surface area contributed by atoms with Gasteiger partial charge in [0, 0.05) is 19.1 Å². The third-order valence-corrected chi connectivity index (χ3v) is 3.99. The van der Waals surface area contributed by atoms with Gasteiger partial charge in [-0.3, -0.25) is 9.89 Å². The van der Waals surface area contributed by atoms with Gasteiger partial charge in [0.2, 0.25) is 0 Å². The van der Waals surface area contributed by atoms with Crippen LogP contribution in [-0.2, 0) is 4.74 Å². The lowest BCUT2D eigenvalue weighted by molar-refractivity contribution is 0.0275. The van der Waals surface area contributed by atoms with Crippen LogP contribution < -0.4 is 5.32 Å². The van der Waals surface area contributed by atoms with Gasteiger partial charge >= 0.3 is 6.09 Å². The number of likely N-dealkylation sites (N-methyl/N-ethyl adjacent to an activating group) is 1. The molecule has 0 aliphatic carbocycles. The minimum Gasteiger partial charge on any atom is -0.444 e. The third-order valence-electron chi connectivity index (χ3n) is 3.99. The maximum absolute atomic E-state index is 12.2. The van der Waals surface area contributed by atoms with Crippen LogP contribution in [0.15, 0.2) is 4.99 Å². The highest BCUT2D eigenvalue weighted by molar-refractivity contribution is 5.88. The molecule has 1 atom stereocenters. The van der Waals surface area contributed by atoms with Gasteiger partial charge in [-0.2, -0.15) is 0 Å². The fraction of sp³-hybridized carbons (Fsp3) is 0.875. The van der Waals surface area contributed by atoms with E-state index in [1.165, 1.54) is 19.4 Å². The fourth-order valence-electron chi connectivity index (χ4n) is 2.89. The van der Waals surface area contributed by atoms with Gasteiger partial charge in [-0.05, 0) is 46.7 Å². The topological polar surface area (TPSA) is 57.2 Å². The second-order valence-corrected chi connectivity index (χ2v) is 7.11. The molecule has 2 aliphatic rings. The van der Waals surface area contributed by atoms with E-state index in [-0.39, 0.29) is 6.09 Å². The number of piperidine rings is 1. The van der Waals surface area contributed by atoms with Crippen LogP contribution in [0, 0.1) is 0 Å². The van der Waals surface area contributed by atoms with Crippen LogP contribution in [0.1, 0.15) is 40.5 Å². The Labute approximate surface area is 133 Å². The number of aliphatic imine (C=N–C) groups is 1. The number of rotatable bonds is 2. The molecule has 1 saturated heterocycles. The third kappa shape index (κ3) is 5.16. The van der Waals surface area contributed by atoms with Crippen molar-refractivity contribution in [2.24, 2.45) is 4.99 Å². The molecule has 0 aromatic heterocycles. The van der Waals surface area contributed by atoms with Crippen molar-refractivity contribution in [3.63, 3.8) is 0 Å².